The fraction of sp³-hybridized carbons (Fsp3) is 0.481. The molecule has 4 rings (SSSR count). The SMILES string of the molecule is C1CCCC1.CC(C)C1CCCC1P(c1ccccc1)c1ccccc1.[CH3-].[CH3-].[Fe+2]. The van der Waals surface area contributed by atoms with Crippen molar-refractivity contribution in [2.45, 2.75) is 70.9 Å². The Morgan fingerprint density at radius 1 is 0.655 bits per heavy atom. The van der Waals surface area contributed by atoms with Gasteiger partial charge in [0.2, 0.25) is 0 Å². The van der Waals surface area contributed by atoms with Crippen molar-refractivity contribution in [2.75, 3.05) is 0 Å². The van der Waals surface area contributed by atoms with E-state index in [2.05, 4.69) is 74.5 Å². The first-order valence-electron chi connectivity index (χ1n) is 10.7. The minimum atomic E-state index is -0.224. The molecule has 2 aliphatic carbocycles. The number of benzene rings is 2. The summed E-state index contributed by atoms with van der Waals surface area (Å²) in [7, 11) is -0.224. The van der Waals surface area contributed by atoms with E-state index in [1.165, 1.54) is 51.4 Å². The van der Waals surface area contributed by atoms with Crippen molar-refractivity contribution in [3.8, 4) is 0 Å². The Bertz CT molecular complexity index is 574. The average molecular weight is 452 g/mol. The van der Waals surface area contributed by atoms with Crippen LogP contribution < -0.4 is 10.6 Å². The van der Waals surface area contributed by atoms with Crippen LogP contribution in [0.25, 0.3) is 0 Å². The molecule has 0 N–H and O–H groups in total. The largest absolute Gasteiger partial charge is 2.00 e. The molecule has 2 saturated carbocycles. The summed E-state index contributed by atoms with van der Waals surface area (Å²) in [4.78, 5) is 0. The van der Waals surface area contributed by atoms with Crippen LogP contribution in [0.3, 0.4) is 0 Å². The van der Waals surface area contributed by atoms with Crippen molar-refractivity contribution >= 4 is 18.5 Å². The molecular formula is C27H41FeP. The molecule has 2 aromatic rings. The average Bonchev–Trinajstić information content (AvgIpc) is 3.39. The van der Waals surface area contributed by atoms with Crippen LogP contribution in [-0.2, 0) is 17.1 Å². The van der Waals surface area contributed by atoms with Gasteiger partial charge in [0.25, 0.3) is 0 Å². The summed E-state index contributed by atoms with van der Waals surface area (Å²) in [5, 5.41) is 3.10. The van der Waals surface area contributed by atoms with Crippen LogP contribution in [0.4, 0.5) is 0 Å². The van der Waals surface area contributed by atoms with Crippen molar-refractivity contribution in [2.24, 2.45) is 11.8 Å². The van der Waals surface area contributed by atoms with Crippen LogP contribution in [0.5, 0.6) is 0 Å². The third-order valence-corrected chi connectivity index (χ3v) is 9.05. The first kappa shape index (κ1) is 28.4. The third-order valence-electron chi connectivity index (χ3n) is 6.04. The Labute approximate surface area is 193 Å². The zero-order valence-corrected chi connectivity index (χ0v) is 21.0. The van der Waals surface area contributed by atoms with Gasteiger partial charge in [0.05, 0.1) is 0 Å². The van der Waals surface area contributed by atoms with E-state index in [9.17, 15) is 0 Å². The van der Waals surface area contributed by atoms with Gasteiger partial charge in [0, 0.05) is 0 Å². The summed E-state index contributed by atoms with van der Waals surface area (Å²) < 4.78 is 0. The standard InChI is InChI=1S/C20H25P.C5H10.2CH3.Fe/c1-16(2)19-14-9-15-20(19)21(17-10-5-3-6-11-17)18-12-7-4-8-13-18;1-2-4-5-3-1;;;/h3-8,10-13,16,19-20H,9,14-15H2,1-2H3;1-5H2;2*1H3;/q;;2*-1;+2. The zero-order chi connectivity index (χ0) is 18.2. The van der Waals surface area contributed by atoms with E-state index in [1.54, 1.807) is 10.6 Å². The van der Waals surface area contributed by atoms with Gasteiger partial charge in [-0.05, 0) is 48.9 Å². The normalized spacial score (nSPS) is 20.1. The second-order valence-corrected chi connectivity index (χ2v) is 10.7. The van der Waals surface area contributed by atoms with Crippen molar-refractivity contribution < 1.29 is 17.1 Å². The van der Waals surface area contributed by atoms with E-state index >= 15 is 0 Å². The van der Waals surface area contributed by atoms with Crippen LogP contribution in [0.2, 0.25) is 0 Å². The van der Waals surface area contributed by atoms with E-state index in [4.69, 9.17) is 0 Å². The summed E-state index contributed by atoms with van der Waals surface area (Å²) in [6.45, 7) is 4.82. The smallest absolute Gasteiger partial charge is 0.358 e. The Kier molecular flexibility index (Phi) is 14.9. The first-order chi connectivity index (χ1) is 12.8. The summed E-state index contributed by atoms with van der Waals surface area (Å²) >= 11 is 0. The van der Waals surface area contributed by atoms with Gasteiger partial charge in [-0.3, -0.25) is 0 Å². The molecule has 2 atom stereocenters. The van der Waals surface area contributed by atoms with Gasteiger partial charge in [-0.25, -0.2) is 0 Å². The molecule has 0 heterocycles. The summed E-state index contributed by atoms with van der Waals surface area (Å²) in [6.07, 6.45) is 11.7. The molecule has 162 valence electrons. The summed E-state index contributed by atoms with van der Waals surface area (Å²) in [5.74, 6) is 1.69. The molecule has 0 bridgehead atoms. The minimum Gasteiger partial charge on any atom is -0.358 e. The molecule has 0 radical (unpaired) electrons. The van der Waals surface area contributed by atoms with Crippen LogP contribution in [0.15, 0.2) is 60.7 Å². The monoisotopic (exact) mass is 452 g/mol. The van der Waals surface area contributed by atoms with E-state index in [-0.39, 0.29) is 39.8 Å². The Morgan fingerprint density at radius 3 is 1.45 bits per heavy atom. The maximum atomic E-state index is 2.41. The van der Waals surface area contributed by atoms with Gasteiger partial charge in [-0.1, -0.05) is 113 Å². The fourth-order valence-corrected chi connectivity index (χ4v) is 8.03. The van der Waals surface area contributed by atoms with E-state index in [0.29, 0.717) is 0 Å². The van der Waals surface area contributed by atoms with Gasteiger partial charge in [-0.15, -0.1) is 0 Å². The first-order valence-corrected chi connectivity index (χ1v) is 12.1. The third kappa shape index (κ3) is 8.20. The Morgan fingerprint density at radius 2 is 1.07 bits per heavy atom. The maximum absolute atomic E-state index is 2.41. The molecule has 0 nitrogen and oxygen atoms in total. The topological polar surface area (TPSA) is 0 Å². The second kappa shape index (κ2) is 15.2. The molecular weight excluding hydrogens is 411 g/mol. The molecule has 2 aliphatic rings. The van der Waals surface area contributed by atoms with Gasteiger partial charge in [0.1, 0.15) is 0 Å². The molecule has 0 spiro atoms. The predicted octanol–water partition coefficient (Wildman–Crippen LogP) is 7.79. The van der Waals surface area contributed by atoms with E-state index < -0.39 is 0 Å². The molecule has 0 aliphatic heterocycles. The van der Waals surface area contributed by atoms with Crippen LogP contribution in [0, 0.1) is 26.7 Å². The van der Waals surface area contributed by atoms with E-state index in [0.717, 1.165) is 17.5 Å². The van der Waals surface area contributed by atoms with Gasteiger partial charge in [0.15, 0.2) is 0 Å². The second-order valence-electron chi connectivity index (χ2n) is 8.21. The summed E-state index contributed by atoms with van der Waals surface area (Å²) in [6, 6.07) is 22.4. The Hall–Kier alpha value is -0.611. The van der Waals surface area contributed by atoms with Crippen LogP contribution in [0.1, 0.15) is 65.2 Å². The number of hydrogen-bond donors (Lipinski definition) is 0. The number of hydrogen-bond acceptors (Lipinski definition) is 0. The van der Waals surface area contributed by atoms with Gasteiger partial charge in [-0.2, -0.15) is 0 Å². The van der Waals surface area contributed by atoms with Crippen molar-refractivity contribution in [3.05, 3.63) is 75.5 Å². The van der Waals surface area contributed by atoms with Crippen molar-refractivity contribution in [1.29, 1.82) is 0 Å². The molecule has 0 aromatic heterocycles. The van der Waals surface area contributed by atoms with Crippen LogP contribution in [-0.4, -0.2) is 5.66 Å². The number of rotatable bonds is 4. The minimum absolute atomic E-state index is 0. The van der Waals surface area contributed by atoms with Gasteiger partial charge < -0.3 is 14.9 Å². The zero-order valence-electron chi connectivity index (χ0n) is 19.0. The van der Waals surface area contributed by atoms with Crippen molar-refractivity contribution in [3.63, 3.8) is 0 Å². The molecule has 2 heteroatoms. The molecule has 2 aromatic carbocycles. The molecule has 0 saturated heterocycles. The molecule has 2 unspecified atom stereocenters. The molecule has 2 fully saturated rings. The van der Waals surface area contributed by atoms with Gasteiger partial charge >= 0.3 is 17.1 Å². The Balaban J connectivity index is 0.000000863. The molecule has 29 heavy (non-hydrogen) atoms. The molecule has 0 amide bonds. The summed E-state index contributed by atoms with van der Waals surface area (Å²) in [5.41, 5.74) is 0.852. The quantitative estimate of drug-likeness (QED) is 0.252. The predicted molar refractivity (Wildman–Crippen MR) is 131 cm³/mol. The van der Waals surface area contributed by atoms with Crippen molar-refractivity contribution in [1.82, 2.24) is 0 Å². The fourth-order valence-electron chi connectivity index (χ4n) is 4.66. The van der Waals surface area contributed by atoms with E-state index in [1.807, 2.05) is 0 Å². The van der Waals surface area contributed by atoms with Crippen LogP contribution >= 0.6 is 7.92 Å². The maximum Gasteiger partial charge on any atom is 2.00 e.